The third kappa shape index (κ3) is 3.68. The van der Waals surface area contributed by atoms with Crippen LogP contribution in [0.4, 0.5) is 5.69 Å². The fourth-order valence-corrected chi connectivity index (χ4v) is 3.93. The van der Waals surface area contributed by atoms with E-state index in [1.807, 2.05) is 6.92 Å². The first kappa shape index (κ1) is 18.3. The Hall–Kier alpha value is -2.51. The van der Waals surface area contributed by atoms with Crippen molar-refractivity contribution in [1.82, 2.24) is 4.98 Å². The van der Waals surface area contributed by atoms with E-state index in [0.29, 0.717) is 23.1 Å². The maximum Gasteiger partial charge on any atom is 0.261 e. The zero-order valence-corrected chi connectivity index (χ0v) is 16.0. The summed E-state index contributed by atoms with van der Waals surface area (Å²) in [6.45, 7) is 3.61. The number of aromatic nitrogens is 1. The predicted octanol–water partition coefficient (Wildman–Crippen LogP) is 4.42. The minimum Gasteiger partial charge on any atom is -0.495 e. The van der Waals surface area contributed by atoms with E-state index in [2.05, 4.69) is 9.71 Å². The van der Waals surface area contributed by atoms with Crippen molar-refractivity contribution in [2.24, 2.45) is 0 Å². The monoisotopic (exact) mass is 392 g/mol. The molecule has 0 atom stereocenters. The van der Waals surface area contributed by atoms with Crippen molar-refractivity contribution >= 4 is 27.3 Å². The molecule has 0 aliphatic heterocycles. The van der Waals surface area contributed by atoms with Gasteiger partial charge in [-0.3, -0.25) is 4.72 Å². The lowest BCUT2D eigenvalue weighted by Crippen LogP contribution is -2.12. The van der Waals surface area contributed by atoms with Crippen molar-refractivity contribution in [3.8, 4) is 17.0 Å². The summed E-state index contributed by atoms with van der Waals surface area (Å²) >= 11 is 6.01. The van der Waals surface area contributed by atoms with Gasteiger partial charge in [0.2, 0.25) is 0 Å². The van der Waals surface area contributed by atoms with Crippen LogP contribution in [-0.4, -0.2) is 20.5 Å². The number of halogens is 1. The highest BCUT2D eigenvalue weighted by atomic mass is 35.5. The zero-order valence-electron chi connectivity index (χ0n) is 14.4. The van der Waals surface area contributed by atoms with Gasteiger partial charge in [-0.15, -0.1) is 0 Å². The highest BCUT2D eigenvalue weighted by Crippen LogP contribution is 2.29. The smallest absolute Gasteiger partial charge is 0.261 e. The van der Waals surface area contributed by atoms with Crippen molar-refractivity contribution in [2.75, 3.05) is 11.8 Å². The van der Waals surface area contributed by atoms with E-state index < -0.39 is 10.0 Å². The highest BCUT2D eigenvalue weighted by Gasteiger charge is 2.17. The largest absolute Gasteiger partial charge is 0.495 e. The maximum atomic E-state index is 12.5. The van der Waals surface area contributed by atoms with Gasteiger partial charge in [-0.25, -0.2) is 13.4 Å². The summed E-state index contributed by atoms with van der Waals surface area (Å²) in [5, 5.41) is 0.225. The Balaban J connectivity index is 1.84. The highest BCUT2D eigenvalue weighted by molar-refractivity contribution is 7.92. The van der Waals surface area contributed by atoms with Crippen LogP contribution in [0.3, 0.4) is 0 Å². The minimum atomic E-state index is -3.77. The summed E-state index contributed by atoms with van der Waals surface area (Å²) in [6, 6.07) is 11.2. The Morgan fingerprint density at radius 1 is 1.12 bits per heavy atom. The molecule has 1 heterocycles. The fraction of sp³-hybridized carbons (Fsp3) is 0.167. The molecule has 6 nitrogen and oxygen atoms in total. The van der Waals surface area contributed by atoms with Gasteiger partial charge < -0.3 is 9.15 Å². The van der Waals surface area contributed by atoms with Gasteiger partial charge >= 0.3 is 0 Å². The van der Waals surface area contributed by atoms with Crippen molar-refractivity contribution in [3.05, 3.63) is 59.1 Å². The molecule has 0 saturated carbocycles. The Labute approximate surface area is 156 Å². The van der Waals surface area contributed by atoms with Crippen molar-refractivity contribution in [3.63, 3.8) is 0 Å². The Morgan fingerprint density at radius 2 is 1.81 bits per heavy atom. The average Bonchev–Trinajstić information content (AvgIpc) is 2.93. The van der Waals surface area contributed by atoms with Gasteiger partial charge in [0.05, 0.1) is 17.0 Å². The number of nitrogens with one attached hydrogen (secondary N) is 1. The SMILES string of the molecule is COc1ccc(S(=O)(=O)Nc2ccc(-c3nc(C)oc3C)cc2)cc1Cl. The van der Waals surface area contributed by atoms with Crippen LogP contribution in [-0.2, 0) is 10.0 Å². The first-order valence-corrected chi connectivity index (χ1v) is 9.57. The topological polar surface area (TPSA) is 81.4 Å². The number of hydrogen-bond donors (Lipinski definition) is 1. The van der Waals surface area contributed by atoms with Crippen molar-refractivity contribution in [1.29, 1.82) is 0 Å². The molecular weight excluding hydrogens is 376 g/mol. The molecule has 3 rings (SSSR count). The second kappa shape index (κ2) is 7.01. The van der Waals surface area contributed by atoms with E-state index in [0.717, 1.165) is 11.3 Å². The molecule has 0 amide bonds. The summed E-state index contributed by atoms with van der Waals surface area (Å²) in [7, 11) is -2.30. The van der Waals surface area contributed by atoms with E-state index in [1.165, 1.54) is 25.3 Å². The molecule has 0 aliphatic carbocycles. The zero-order chi connectivity index (χ0) is 18.9. The molecular formula is C18H17ClN2O4S. The van der Waals surface area contributed by atoms with Crippen LogP contribution in [0, 0.1) is 13.8 Å². The molecule has 0 saturated heterocycles. The van der Waals surface area contributed by atoms with Crippen LogP contribution in [0.15, 0.2) is 51.8 Å². The molecule has 0 bridgehead atoms. The second-order valence-corrected chi connectivity index (χ2v) is 7.71. The van der Waals surface area contributed by atoms with Crippen molar-refractivity contribution < 1.29 is 17.6 Å². The normalized spacial score (nSPS) is 11.4. The van der Waals surface area contributed by atoms with Crippen LogP contribution in [0.5, 0.6) is 5.75 Å². The molecule has 2 aromatic carbocycles. The summed E-state index contributed by atoms with van der Waals surface area (Å²) in [5.41, 5.74) is 2.01. The third-order valence-electron chi connectivity index (χ3n) is 3.75. The van der Waals surface area contributed by atoms with Crippen LogP contribution in [0.1, 0.15) is 11.7 Å². The van der Waals surface area contributed by atoms with Gasteiger partial charge in [0.1, 0.15) is 17.2 Å². The minimum absolute atomic E-state index is 0.0512. The Bertz CT molecular complexity index is 1040. The molecule has 0 unspecified atom stereocenters. The molecule has 26 heavy (non-hydrogen) atoms. The van der Waals surface area contributed by atoms with E-state index in [-0.39, 0.29) is 9.92 Å². The molecule has 136 valence electrons. The standard InChI is InChI=1S/C18H17ClN2O4S/c1-11-18(20-12(2)25-11)13-4-6-14(7-5-13)21-26(22,23)15-8-9-17(24-3)16(19)10-15/h4-10,21H,1-3H3. The van der Waals surface area contributed by atoms with Gasteiger partial charge in [-0.2, -0.15) is 0 Å². The summed E-state index contributed by atoms with van der Waals surface area (Å²) in [4.78, 5) is 4.38. The lowest BCUT2D eigenvalue weighted by molar-refractivity contribution is 0.414. The van der Waals surface area contributed by atoms with E-state index in [1.54, 1.807) is 31.2 Å². The van der Waals surface area contributed by atoms with E-state index >= 15 is 0 Å². The van der Waals surface area contributed by atoms with Gasteiger partial charge in [0, 0.05) is 18.2 Å². The van der Waals surface area contributed by atoms with Crippen LogP contribution in [0.25, 0.3) is 11.3 Å². The number of oxazole rings is 1. The van der Waals surface area contributed by atoms with E-state index in [4.69, 9.17) is 20.8 Å². The lowest BCUT2D eigenvalue weighted by atomic mass is 10.1. The molecule has 0 aliphatic rings. The molecule has 0 radical (unpaired) electrons. The van der Waals surface area contributed by atoms with Gasteiger partial charge in [-0.1, -0.05) is 23.7 Å². The molecule has 1 N–H and O–H groups in total. The van der Waals surface area contributed by atoms with Gasteiger partial charge in [0.15, 0.2) is 5.89 Å². The Kier molecular flexibility index (Phi) is 4.93. The average molecular weight is 393 g/mol. The van der Waals surface area contributed by atoms with Crippen LogP contribution in [0.2, 0.25) is 5.02 Å². The van der Waals surface area contributed by atoms with Crippen LogP contribution < -0.4 is 9.46 Å². The number of hydrogen-bond acceptors (Lipinski definition) is 5. The molecule has 0 fully saturated rings. The number of rotatable bonds is 5. The number of anilines is 1. The summed E-state index contributed by atoms with van der Waals surface area (Å²) in [5.74, 6) is 1.70. The Morgan fingerprint density at radius 3 is 2.35 bits per heavy atom. The summed E-state index contributed by atoms with van der Waals surface area (Å²) < 4.78 is 38.0. The third-order valence-corrected chi connectivity index (χ3v) is 5.42. The number of nitrogens with zero attached hydrogens (tertiary/aromatic N) is 1. The van der Waals surface area contributed by atoms with Crippen LogP contribution >= 0.6 is 11.6 Å². The molecule has 8 heteroatoms. The predicted molar refractivity (Wildman–Crippen MR) is 100 cm³/mol. The van der Waals surface area contributed by atoms with Gasteiger partial charge in [-0.05, 0) is 37.3 Å². The number of aryl methyl sites for hydroxylation is 2. The molecule has 3 aromatic rings. The van der Waals surface area contributed by atoms with Gasteiger partial charge in [0.25, 0.3) is 10.0 Å². The molecule has 1 aromatic heterocycles. The molecule has 0 spiro atoms. The lowest BCUT2D eigenvalue weighted by Gasteiger charge is -2.10. The van der Waals surface area contributed by atoms with Crippen molar-refractivity contribution in [2.45, 2.75) is 18.7 Å². The summed E-state index contributed by atoms with van der Waals surface area (Å²) in [6.07, 6.45) is 0. The number of sulfonamides is 1. The number of methoxy groups -OCH3 is 1. The first-order chi connectivity index (χ1) is 12.3. The number of ether oxygens (including phenoxy) is 1. The fourth-order valence-electron chi connectivity index (χ4n) is 2.52. The quantitative estimate of drug-likeness (QED) is 0.695. The second-order valence-electron chi connectivity index (χ2n) is 5.62. The maximum absolute atomic E-state index is 12.5. The first-order valence-electron chi connectivity index (χ1n) is 7.71. The van der Waals surface area contributed by atoms with E-state index in [9.17, 15) is 8.42 Å². The number of benzene rings is 2.